The number of alkyl halides is 16. The van der Waals surface area contributed by atoms with E-state index in [-0.39, 0.29) is 19.4 Å². The van der Waals surface area contributed by atoms with Gasteiger partial charge in [-0.1, -0.05) is 32.6 Å². The number of hydrogen-bond donors (Lipinski definition) is 0. The molecule has 7 nitrogen and oxygen atoms in total. The number of aromatic nitrogens is 2. The Morgan fingerprint density at radius 1 is 0.593 bits per heavy atom. The maximum absolute atomic E-state index is 14.0. The summed E-state index contributed by atoms with van der Waals surface area (Å²) in [4.78, 5) is 8.55. The molecule has 1 aromatic heterocycles. The second kappa shape index (κ2) is 19.0. The molecule has 2 aromatic rings. The van der Waals surface area contributed by atoms with E-state index in [2.05, 4.69) is 26.4 Å². The molecule has 0 N–H and O–H groups in total. The van der Waals surface area contributed by atoms with Gasteiger partial charge in [-0.25, -0.2) is 23.8 Å². The largest absolute Gasteiger partial charge is 0.494 e. The van der Waals surface area contributed by atoms with Crippen LogP contribution < -0.4 is 9.47 Å². The van der Waals surface area contributed by atoms with Crippen molar-refractivity contribution in [2.75, 3.05) is 26.4 Å². The monoisotopic (exact) mass is 818 g/mol. The van der Waals surface area contributed by atoms with Gasteiger partial charge in [0.05, 0.1) is 32.2 Å². The fourth-order valence-corrected chi connectivity index (χ4v) is 4.10. The molecule has 0 aliphatic rings. The summed E-state index contributed by atoms with van der Waals surface area (Å²) < 4.78 is 229. The van der Waals surface area contributed by atoms with Crippen LogP contribution in [0.4, 0.5) is 70.2 Å². The van der Waals surface area contributed by atoms with Gasteiger partial charge in [0, 0.05) is 5.56 Å². The van der Waals surface area contributed by atoms with Gasteiger partial charge < -0.3 is 14.2 Å². The minimum atomic E-state index is -7.95. The molecule has 0 spiro atoms. The summed E-state index contributed by atoms with van der Waals surface area (Å²) >= 11 is 0. The topological polar surface area (TPSA) is 71.9 Å². The summed E-state index contributed by atoms with van der Waals surface area (Å²) in [6, 6.07) is 6.74. The number of halogens is 16. The Morgan fingerprint density at radius 2 is 1.11 bits per heavy atom. The van der Waals surface area contributed by atoms with Crippen molar-refractivity contribution >= 4 is 0 Å². The number of nitrogens with zero attached hydrogens (tertiary/aromatic N) is 2. The van der Waals surface area contributed by atoms with Gasteiger partial charge in [0.15, 0.2) is 11.6 Å². The van der Waals surface area contributed by atoms with Crippen LogP contribution in [-0.2, 0) is 14.2 Å². The van der Waals surface area contributed by atoms with E-state index < -0.39 is 61.8 Å². The van der Waals surface area contributed by atoms with Gasteiger partial charge in [-0.2, -0.15) is 65.9 Å². The Labute approximate surface area is 297 Å². The maximum atomic E-state index is 14.0. The van der Waals surface area contributed by atoms with E-state index >= 15 is 0 Å². The van der Waals surface area contributed by atoms with Crippen molar-refractivity contribution in [2.45, 2.75) is 107 Å². The second-order valence-electron chi connectivity index (χ2n) is 11.5. The van der Waals surface area contributed by atoms with Crippen molar-refractivity contribution in [3.63, 3.8) is 0 Å². The molecule has 54 heavy (non-hydrogen) atoms. The number of ether oxygens (including phenoxy) is 5. The van der Waals surface area contributed by atoms with Gasteiger partial charge in [0.2, 0.25) is 0 Å². The smallest absolute Gasteiger partial charge is 0.460 e. The van der Waals surface area contributed by atoms with Crippen LogP contribution in [0.25, 0.3) is 11.4 Å². The highest BCUT2D eigenvalue weighted by molar-refractivity contribution is 5.56. The SMILES string of the molecule is CCCCCCOc1cnc(-c2ccc(OCCCCC[C@@H](F)COCC(F)(F)OC(F)(F)C(F)(F)OC(F)(F)C(F)(F)C(F)(F)C(F)(F)F)cc2)nc1. The summed E-state index contributed by atoms with van der Waals surface area (Å²) in [7, 11) is 0. The van der Waals surface area contributed by atoms with Crippen LogP contribution in [0.15, 0.2) is 36.7 Å². The summed E-state index contributed by atoms with van der Waals surface area (Å²) in [5.41, 5.74) is 0.697. The van der Waals surface area contributed by atoms with E-state index in [1.54, 1.807) is 41.4 Å². The average molecular weight is 819 g/mol. The molecule has 0 bridgehead atoms. The zero-order chi connectivity index (χ0) is 41.1. The van der Waals surface area contributed by atoms with E-state index in [0.717, 1.165) is 25.7 Å². The Bertz CT molecular complexity index is 1400. The molecule has 0 aliphatic heterocycles. The van der Waals surface area contributed by atoms with E-state index in [0.29, 0.717) is 42.3 Å². The lowest BCUT2D eigenvalue weighted by Gasteiger charge is -2.36. The zero-order valence-corrected chi connectivity index (χ0v) is 28.0. The number of unbranched alkanes of at least 4 members (excludes halogenated alkanes) is 5. The fourth-order valence-electron chi connectivity index (χ4n) is 4.10. The van der Waals surface area contributed by atoms with E-state index in [1.165, 1.54) is 0 Å². The van der Waals surface area contributed by atoms with E-state index in [9.17, 15) is 70.2 Å². The molecule has 0 saturated heterocycles. The van der Waals surface area contributed by atoms with Crippen molar-refractivity contribution in [3.8, 4) is 22.9 Å². The van der Waals surface area contributed by atoms with E-state index in [1.807, 2.05) is 0 Å². The van der Waals surface area contributed by atoms with Gasteiger partial charge >= 0.3 is 42.5 Å². The first-order valence-electron chi connectivity index (χ1n) is 15.9. The summed E-state index contributed by atoms with van der Waals surface area (Å²) in [5, 5.41) is 0. The van der Waals surface area contributed by atoms with Gasteiger partial charge in [0.1, 0.15) is 18.5 Å². The molecule has 310 valence electrons. The zero-order valence-electron chi connectivity index (χ0n) is 28.0. The average Bonchev–Trinajstić information content (AvgIpc) is 3.05. The molecule has 1 heterocycles. The molecule has 1 atom stereocenters. The Kier molecular flexibility index (Phi) is 16.5. The second-order valence-corrected chi connectivity index (χ2v) is 11.5. The highest BCUT2D eigenvalue weighted by atomic mass is 19.4. The first-order valence-corrected chi connectivity index (χ1v) is 15.9. The summed E-state index contributed by atoms with van der Waals surface area (Å²) in [5.74, 6) is -14.3. The van der Waals surface area contributed by atoms with Gasteiger partial charge in [0.25, 0.3) is 0 Å². The quantitative estimate of drug-likeness (QED) is 0.0730. The van der Waals surface area contributed by atoms with E-state index in [4.69, 9.17) is 9.47 Å². The van der Waals surface area contributed by atoms with Crippen molar-refractivity contribution in [2.24, 2.45) is 0 Å². The molecule has 0 fully saturated rings. The molecule has 0 radical (unpaired) electrons. The maximum Gasteiger partial charge on any atom is 0.460 e. The Balaban J connectivity index is 1.72. The minimum absolute atomic E-state index is 0.114. The first kappa shape index (κ1) is 46.8. The van der Waals surface area contributed by atoms with Crippen LogP contribution in [0.5, 0.6) is 11.5 Å². The summed E-state index contributed by atoms with van der Waals surface area (Å²) in [6.07, 6.45) is -29.5. The Morgan fingerprint density at radius 3 is 1.65 bits per heavy atom. The highest BCUT2D eigenvalue weighted by Crippen LogP contribution is 2.56. The number of hydrogen-bond acceptors (Lipinski definition) is 7. The minimum Gasteiger partial charge on any atom is -0.494 e. The predicted octanol–water partition coefficient (Wildman–Crippen LogP) is 10.6. The molecule has 2 rings (SSSR count). The lowest BCUT2D eigenvalue weighted by Crippen LogP contribution is -2.64. The third-order valence-corrected chi connectivity index (χ3v) is 7.00. The van der Waals surface area contributed by atoms with Crippen molar-refractivity contribution < 1.29 is 93.9 Å². The standard InChI is InChI=1S/C31H34F16N2O5/c1-2-3-4-7-15-52-23-16-48-24(49-17-23)20-10-12-22(13-11-20)51-14-8-5-6-9-21(32)18-50-19-25(33,34)53-30(44,45)31(46,47)54-29(42,43)27(37,38)26(35,36)28(39,40)41/h10-13,16-17,21H,2-9,14-15,18-19H2,1H3/t21-/m1/s1. The van der Waals surface area contributed by atoms with Crippen LogP contribution in [-0.4, -0.2) is 85.0 Å². The lowest BCUT2D eigenvalue weighted by atomic mass is 10.1. The molecule has 0 saturated carbocycles. The third kappa shape index (κ3) is 13.2. The Hall–Kier alpha value is -3.34. The molecule has 0 aliphatic carbocycles. The van der Waals surface area contributed by atoms with Crippen molar-refractivity contribution in [3.05, 3.63) is 36.7 Å². The van der Waals surface area contributed by atoms with Crippen LogP contribution in [0.1, 0.15) is 58.3 Å². The van der Waals surface area contributed by atoms with Crippen LogP contribution in [0.2, 0.25) is 0 Å². The van der Waals surface area contributed by atoms with Gasteiger partial charge in [-0.15, -0.1) is 0 Å². The molecular formula is C31H34F16N2O5. The number of benzene rings is 1. The molecule has 1 aromatic carbocycles. The van der Waals surface area contributed by atoms with Crippen molar-refractivity contribution in [1.82, 2.24) is 9.97 Å². The van der Waals surface area contributed by atoms with Gasteiger partial charge in [-0.3, -0.25) is 0 Å². The number of rotatable bonds is 25. The molecule has 0 amide bonds. The van der Waals surface area contributed by atoms with Crippen LogP contribution in [0, 0.1) is 0 Å². The molecule has 0 unspecified atom stereocenters. The highest BCUT2D eigenvalue weighted by Gasteiger charge is 2.85. The van der Waals surface area contributed by atoms with Crippen LogP contribution >= 0.6 is 0 Å². The van der Waals surface area contributed by atoms with Gasteiger partial charge in [-0.05, 0) is 49.9 Å². The van der Waals surface area contributed by atoms with Crippen LogP contribution in [0.3, 0.4) is 0 Å². The lowest BCUT2D eigenvalue weighted by molar-refractivity contribution is -0.543. The summed E-state index contributed by atoms with van der Waals surface area (Å²) in [6.45, 7) is -0.889. The molecule has 23 heteroatoms. The molecular weight excluding hydrogens is 784 g/mol. The fraction of sp³-hybridized carbons (Fsp3) is 0.677. The normalized spacial score (nSPS) is 14.3. The van der Waals surface area contributed by atoms with Crippen molar-refractivity contribution in [1.29, 1.82) is 0 Å². The predicted molar refractivity (Wildman–Crippen MR) is 155 cm³/mol. The third-order valence-electron chi connectivity index (χ3n) is 7.00. The first-order chi connectivity index (χ1) is 24.8.